The average molecular weight is 275 g/mol. The molecule has 0 spiro atoms. The van der Waals surface area contributed by atoms with Crippen LogP contribution < -0.4 is 10.7 Å². The molecule has 4 heteroatoms. The van der Waals surface area contributed by atoms with Crippen LogP contribution in [0, 0.1) is 5.92 Å². The van der Waals surface area contributed by atoms with Gasteiger partial charge in [-0.15, -0.1) is 0 Å². The van der Waals surface area contributed by atoms with Gasteiger partial charge in [0.25, 0.3) is 5.91 Å². The van der Waals surface area contributed by atoms with Crippen LogP contribution in [-0.4, -0.2) is 24.7 Å². The molecule has 0 aromatic rings. The van der Waals surface area contributed by atoms with Crippen LogP contribution in [0.1, 0.15) is 45.4 Å². The van der Waals surface area contributed by atoms with Gasteiger partial charge in [0.2, 0.25) is 0 Å². The van der Waals surface area contributed by atoms with Crippen LogP contribution in [-0.2, 0) is 4.79 Å². The van der Waals surface area contributed by atoms with Gasteiger partial charge >= 0.3 is 0 Å². The number of hydrazone groups is 1. The zero-order valence-corrected chi connectivity index (χ0v) is 12.3. The second kappa shape index (κ2) is 7.39. The number of carbonyl (C=O) groups excluding carboxylic acids is 1. The van der Waals surface area contributed by atoms with Gasteiger partial charge in [-0.2, -0.15) is 5.10 Å². The molecule has 1 aliphatic heterocycles. The number of amides is 1. The Bertz CT molecular complexity index is 419. The molecule has 4 nitrogen and oxygen atoms in total. The van der Waals surface area contributed by atoms with E-state index < -0.39 is 0 Å². The molecule has 0 aromatic heterocycles. The van der Waals surface area contributed by atoms with Crippen LogP contribution >= 0.6 is 0 Å². The van der Waals surface area contributed by atoms with E-state index in [1.807, 2.05) is 0 Å². The normalized spacial score (nSPS) is 27.1. The molecule has 0 radical (unpaired) electrons. The highest BCUT2D eigenvalue weighted by Crippen LogP contribution is 2.27. The summed E-state index contributed by atoms with van der Waals surface area (Å²) in [6, 6.07) is -0.0750. The Morgan fingerprint density at radius 1 is 1.50 bits per heavy atom. The number of hydrogen-bond donors (Lipinski definition) is 2. The third-order valence-corrected chi connectivity index (χ3v) is 4.17. The summed E-state index contributed by atoms with van der Waals surface area (Å²) < 4.78 is 0. The van der Waals surface area contributed by atoms with E-state index in [-0.39, 0.29) is 11.9 Å². The van der Waals surface area contributed by atoms with Crippen LogP contribution in [0.4, 0.5) is 0 Å². The molecule has 1 unspecified atom stereocenters. The van der Waals surface area contributed by atoms with Crippen molar-refractivity contribution in [2.75, 3.05) is 6.54 Å². The fourth-order valence-corrected chi connectivity index (χ4v) is 2.75. The van der Waals surface area contributed by atoms with E-state index in [0.29, 0.717) is 5.92 Å². The highest BCUT2D eigenvalue weighted by atomic mass is 16.2. The molecule has 2 rings (SSSR count). The highest BCUT2D eigenvalue weighted by molar-refractivity contribution is 5.84. The predicted molar refractivity (Wildman–Crippen MR) is 82.5 cm³/mol. The van der Waals surface area contributed by atoms with Crippen molar-refractivity contribution in [1.29, 1.82) is 0 Å². The van der Waals surface area contributed by atoms with Crippen LogP contribution in [0.2, 0.25) is 0 Å². The van der Waals surface area contributed by atoms with Gasteiger partial charge in [0.05, 0.1) is 12.3 Å². The van der Waals surface area contributed by atoms with Gasteiger partial charge in [-0.25, -0.2) is 5.43 Å². The van der Waals surface area contributed by atoms with Gasteiger partial charge in [0.1, 0.15) is 0 Å². The van der Waals surface area contributed by atoms with Gasteiger partial charge < -0.3 is 5.32 Å². The summed E-state index contributed by atoms with van der Waals surface area (Å²) in [7, 11) is 0. The lowest BCUT2D eigenvalue weighted by Crippen LogP contribution is -2.45. The van der Waals surface area contributed by atoms with E-state index >= 15 is 0 Å². The predicted octanol–water partition coefficient (Wildman–Crippen LogP) is 2.53. The molecule has 1 fully saturated rings. The van der Waals surface area contributed by atoms with E-state index in [0.717, 1.165) is 45.1 Å². The lowest BCUT2D eigenvalue weighted by atomic mass is 9.86. The number of piperidine rings is 1. The zero-order valence-electron chi connectivity index (χ0n) is 12.3. The van der Waals surface area contributed by atoms with E-state index in [9.17, 15) is 4.79 Å². The number of nitrogens with zero attached hydrogens (tertiary/aromatic N) is 1. The first-order chi connectivity index (χ1) is 9.66. The van der Waals surface area contributed by atoms with Crippen molar-refractivity contribution >= 4 is 12.1 Å². The molecule has 1 saturated heterocycles. The molecule has 0 aromatic carbocycles. The third-order valence-electron chi connectivity index (χ3n) is 4.17. The van der Waals surface area contributed by atoms with Crippen molar-refractivity contribution in [3.05, 3.63) is 23.8 Å². The Hall–Kier alpha value is -1.42. The van der Waals surface area contributed by atoms with Gasteiger partial charge in [0, 0.05) is 0 Å². The van der Waals surface area contributed by atoms with E-state index in [4.69, 9.17) is 0 Å². The van der Waals surface area contributed by atoms with Gasteiger partial charge in [-0.05, 0) is 57.1 Å². The Morgan fingerprint density at radius 2 is 2.35 bits per heavy atom. The second-order valence-electron chi connectivity index (χ2n) is 5.83. The Kier molecular flexibility index (Phi) is 5.53. The van der Waals surface area contributed by atoms with E-state index in [1.165, 1.54) is 11.1 Å². The molecule has 2 N–H and O–H groups in total. The Labute approximate surface area is 121 Å². The van der Waals surface area contributed by atoms with Crippen molar-refractivity contribution in [3.8, 4) is 0 Å². The van der Waals surface area contributed by atoms with Crippen molar-refractivity contribution in [2.24, 2.45) is 11.0 Å². The van der Waals surface area contributed by atoms with Crippen molar-refractivity contribution in [1.82, 2.24) is 10.7 Å². The fraction of sp³-hybridized carbons (Fsp3) is 0.625. The van der Waals surface area contributed by atoms with Crippen LogP contribution in [0.3, 0.4) is 0 Å². The van der Waals surface area contributed by atoms with Crippen molar-refractivity contribution in [2.45, 2.75) is 51.5 Å². The molecule has 0 bridgehead atoms. The summed E-state index contributed by atoms with van der Waals surface area (Å²) in [5.41, 5.74) is 5.11. The quantitative estimate of drug-likeness (QED) is 0.470. The number of nitrogens with one attached hydrogen (secondary N) is 2. The summed E-state index contributed by atoms with van der Waals surface area (Å²) >= 11 is 0. The number of allylic oxidation sites excluding steroid dienone is 3. The van der Waals surface area contributed by atoms with E-state index in [2.05, 4.69) is 35.4 Å². The largest absolute Gasteiger partial charge is 0.306 e. The van der Waals surface area contributed by atoms with Crippen molar-refractivity contribution < 1.29 is 4.79 Å². The molecule has 2 aliphatic rings. The summed E-state index contributed by atoms with van der Waals surface area (Å²) in [4.78, 5) is 11.9. The Balaban J connectivity index is 1.76. The first kappa shape index (κ1) is 15.0. The lowest BCUT2D eigenvalue weighted by molar-refractivity contribution is -0.123. The minimum atomic E-state index is -0.0750. The second-order valence-corrected chi connectivity index (χ2v) is 5.83. The monoisotopic (exact) mass is 275 g/mol. The van der Waals surface area contributed by atoms with Crippen LogP contribution in [0.25, 0.3) is 0 Å². The zero-order chi connectivity index (χ0) is 14.4. The molecule has 1 heterocycles. The topological polar surface area (TPSA) is 53.5 Å². The molecular formula is C16H25N3O. The molecule has 2 atom stereocenters. The standard InChI is InChI=1S/C16H25N3O/c1-12(2)14-8-6-13(7-9-14)11-18-19-16(20)15-5-3-4-10-17-15/h6,11,14-15,17H,1,3-5,7-10H2,2H3,(H,19,20)/b18-11+/t14-,15?/m1/s1. The van der Waals surface area contributed by atoms with Gasteiger partial charge in [-0.1, -0.05) is 24.6 Å². The maximum absolute atomic E-state index is 11.9. The maximum Gasteiger partial charge on any atom is 0.257 e. The van der Waals surface area contributed by atoms with Gasteiger partial charge in [-0.3, -0.25) is 4.79 Å². The van der Waals surface area contributed by atoms with Gasteiger partial charge in [0.15, 0.2) is 0 Å². The summed E-state index contributed by atoms with van der Waals surface area (Å²) in [6.45, 7) is 7.03. The smallest absolute Gasteiger partial charge is 0.257 e. The number of hydrogen-bond acceptors (Lipinski definition) is 3. The lowest BCUT2D eigenvalue weighted by Gasteiger charge is -2.21. The summed E-state index contributed by atoms with van der Waals surface area (Å²) in [5, 5.41) is 7.30. The summed E-state index contributed by atoms with van der Waals surface area (Å²) in [5.74, 6) is 0.588. The molecule has 1 amide bonds. The maximum atomic E-state index is 11.9. The third kappa shape index (κ3) is 4.30. The van der Waals surface area contributed by atoms with Crippen LogP contribution in [0.15, 0.2) is 28.9 Å². The average Bonchev–Trinajstić information content (AvgIpc) is 2.48. The molecule has 110 valence electrons. The SMILES string of the molecule is C=C(C)[C@@H]1CC=C(/C=N/NC(=O)C2CCCCN2)CC1. The minimum absolute atomic E-state index is 0.0165. The molecule has 0 saturated carbocycles. The number of rotatable bonds is 4. The molecule has 1 aliphatic carbocycles. The Morgan fingerprint density at radius 3 is 2.95 bits per heavy atom. The van der Waals surface area contributed by atoms with Crippen LogP contribution in [0.5, 0.6) is 0 Å². The highest BCUT2D eigenvalue weighted by Gasteiger charge is 2.19. The van der Waals surface area contributed by atoms with E-state index in [1.54, 1.807) is 6.21 Å². The molecule has 20 heavy (non-hydrogen) atoms. The fourth-order valence-electron chi connectivity index (χ4n) is 2.75. The minimum Gasteiger partial charge on any atom is -0.306 e. The van der Waals surface area contributed by atoms with Crippen molar-refractivity contribution in [3.63, 3.8) is 0 Å². The first-order valence-electron chi connectivity index (χ1n) is 7.57. The first-order valence-corrected chi connectivity index (χ1v) is 7.57. The number of carbonyl (C=O) groups is 1. The molecular weight excluding hydrogens is 250 g/mol. The summed E-state index contributed by atoms with van der Waals surface area (Å²) in [6.07, 6.45) is 10.3.